The van der Waals surface area contributed by atoms with Gasteiger partial charge in [0.1, 0.15) is 0 Å². The van der Waals surface area contributed by atoms with E-state index in [2.05, 4.69) is 15.0 Å². The van der Waals surface area contributed by atoms with Crippen LogP contribution in [-0.2, 0) is 11.3 Å². The summed E-state index contributed by atoms with van der Waals surface area (Å²) < 4.78 is 7.35. The summed E-state index contributed by atoms with van der Waals surface area (Å²) in [7, 11) is 0. The lowest BCUT2D eigenvalue weighted by Gasteiger charge is -2.31. The van der Waals surface area contributed by atoms with Gasteiger partial charge in [-0.2, -0.15) is 5.10 Å². The first-order valence-corrected chi connectivity index (χ1v) is 6.82. The molecule has 3 rings (SSSR count). The summed E-state index contributed by atoms with van der Waals surface area (Å²) in [4.78, 5) is 6.56. The smallest absolute Gasteiger partial charge is 0.191 e. The van der Waals surface area contributed by atoms with Gasteiger partial charge in [-0.3, -0.25) is 0 Å². The maximum absolute atomic E-state index is 6.06. The third-order valence-corrected chi connectivity index (χ3v) is 3.48. The number of aliphatic imine (C=N–C) groups is 1. The zero-order valence-corrected chi connectivity index (χ0v) is 14.3. The van der Waals surface area contributed by atoms with E-state index >= 15 is 0 Å². The molecule has 21 heavy (non-hydrogen) atoms. The second kappa shape index (κ2) is 7.08. The topological polar surface area (TPSA) is 68.2 Å². The molecule has 2 aromatic heterocycles. The van der Waals surface area contributed by atoms with Gasteiger partial charge < -0.3 is 15.4 Å². The molecule has 6 nitrogen and oxygen atoms in total. The highest BCUT2D eigenvalue weighted by molar-refractivity contribution is 14.0. The standard InChI is InChI=1S/C14H19N5O.HI/c1-11-10-18(6-7-20-11)14(15)16-8-12-9-17-19-5-3-2-4-13(12)19;/h2-5,9,11H,6-8,10H2,1H3,(H2,15,16);1H. The molecule has 1 atom stereocenters. The van der Waals surface area contributed by atoms with Crippen molar-refractivity contribution in [2.45, 2.75) is 19.6 Å². The van der Waals surface area contributed by atoms with Gasteiger partial charge in [0.2, 0.25) is 0 Å². The van der Waals surface area contributed by atoms with Crippen LogP contribution in [-0.4, -0.2) is 46.3 Å². The Bertz CT molecular complexity index is 627. The molecule has 2 N–H and O–H groups in total. The number of fused-ring (bicyclic) bond motifs is 1. The van der Waals surface area contributed by atoms with E-state index in [1.807, 2.05) is 42.0 Å². The SMILES string of the molecule is CC1CN(C(N)=NCc2cnn3ccccc23)CCO1.I. The van der Waals surface area contributed by atoms with Gasteiger partial charge in [0, 0.05) is 24.8 Å². The Morgan fingerprint density at radius 1 is 1.52 bits per heavy atom. The monoisotopic (exact) mass is 401 g/mol. The number of hydrogen-bond donors (Lipinski definition) is 1. The van der Waals surface area contributed by atoms with Gasteiger partial charge in [0.15, 0.2) is 5.96 Å². The normalized spacial score (nSPS) is 19.6. The van der Waals surface area contributed by atoms with Gasteiger partial charge in [-0.05, 0) is 19.1 Å². The van der Waals surface area contributed by atoms with Crippen molar-refractivity contribution in [3.05, 3.63) is 36.2 Å². The van der Waals surface area contributed by atoms with Crippen LogP contribution in [0, 0.1) is 0 Å². The molecule has 114 valence electrons. The highest BCUT2D eigenvalue weighted by Gasteiger charge is 2.18. The highest BCUT2D eigenvalue weighted by Crippen LogP contribution is 2.11. The van der Waals surface area contributed by atoms with Crippen LogP contribution in [0.5, 0.6) is 0 Å². The fourth-order valence-electron chi connectivity index (χ4n) is 2.40. The Balaban J connectivity index is 0.00000161. The van der Waals surface area contributed by atoms with E-state index < -0.39 is 0 Å². The Kier molecular flexibility index (Phi) is 5.40. The number of aromatic nitrogens is 2. The maximum atomic E-state index is 6.06. The van der Waals surface area contributed by atoms with Crippen molar-refractivity contribution in [1.82, 2.24) is 14.5 Å². The Morgan fingerprint density at radius 2 is 2.38 bits per heavy atom. The average molecular weight is 401 g/mol. The second-order valence-corrected chi connectivity index (χ2v) is 5.00. The van der Waals surface area contributed by atoms with Crippen LogP contribution < -0.4 is 5.73 Å². The van der Waals surface area contributed by atoms with Crippen molar-refractivity contribution in [2.75, 3.05) is 19.7 Å². The molecule has 1 unspecified atom stereocenters. The summed E-state index contributed by atoms with van der Waals surface area (Å²) in [5, 5.41) is 4.29. The molecule has 1 aliphatic heterocycles. The number of nitrogens with zero attached hydrogens (tertiary/aromatic N) is 4. The van der Waals surface area contributed by atoms with Gasteiger partial charge in [-0.25, -0.2) is 9.51 Å². The lowest BCUT2D eigenvalue weighted by Crippen LogP contribution is -2.47. The molecule has 7 heteroatoms. The predicted octanol–water partition coefficient (Wildman–Crippen LogP) is 1.49. The van der Waals surface area contributed by atoms with Gasteiger partial charge in [0.05, 0.1) is 31.0 Å². The fourth-order valence-corrected chi connectivity index (χ4v) is 2.40. The number of hydrogen-bond acceptors (Lipinski definition) is 3. The zero-order valence-electron chi connectivity index (χ0n) is 12.0. The molecule has 1 aliphatic rings. The van der Waals surface area contributed by atoms with Crippen molar-refractivity contribution < 1.29 is 4.74 Å². The Labute approximate surface area is 141 Å². The van der Waals surface area contributed by atoms with E-state index in [4.69, 9.17) is 10.5 Å². The van der Waals surface area contributed by atoms with E-state index in [0.29, 0.717) is 19.1 Å². The van der Waals surface area contributed by atoms with Crippen LogP contribution >= 0.6 is 24.0 Å². The van der Waals surface area contributed by atoms with E-state index in [9.17, 15) is 0 Å². The molecule has 1 saturated heterocycles. The highest BCUT2D eigenvalue weighted by atomic mass is 127. The van der Waals surface area contributed by atoms with Crippen LogP contribution in [0.1, 0.15) is 12.5 Å². The molecule has 2 aromatic rings. The first-order valence-electron chi connectivity index (χ1n) is 6.82. The fraction of sp³-hybridized carbons (Fsp3) is 0.429. The van der Waals surface area contributed by atoms with Crippen molar-refractivity contribution >= 4 is 35.5 Å². The van der Waals surface area contributed by atoms with E-state index in [0.717, 1.165) is 24.2 Å². The van der Waals surface area contributed by atoms with Gasteiger partial charge >= 0.3 is 0 Å². The van der Waals surface area contributed by atoms with Crippen molar-refractivity contribution in [1.29, 1.82) is 0 Å². The first kappa shape index (κ1) is 16.0. The van der Waals surface area contributed by atoms with Crippen molar-refractivity contribution in [3.63, 3.8) is 0 Å². The molecular formula is C14H20IN5O. The molecule has 3 heterocycles. The first-order chi connectivity index (χ1) is 9.74. The summed E-state index contributed by atoms with van der Waals surface area (Å²) in [6.07, 6.45) is 3.97. The molecular weight excluding hydrogens is 381 g/mol. The van der Waals surface area contributed by atoms with E-state index in [1.54, 1.807) is 0 Å². The largest absolute Gasteiger partial charge is 0.375 e. The molecule has 0 amide bonds. The quantitative estimate of drug-likeness (QED) is 0.471. The maximum Gasteiger partial charge on any atom is 0.191 e. The number of guanidine groups is 1. The number of morpholine rings is 1. The van der Waals surface area contributed by atoms with E-state index in [1.165, 1.54) is 0 Å². The zero-order chi connectivity index (χ0) is 13.9. The average Bonchev–Trinajstić information content (AvgIpc) is 2.88. The number of ether oxygens (including phenoxy) is 1. The molecule has 0 aromatic carbocycles. The molecule has 0 saturated carbocycles. The summed E-state index contributed by atoms with van der Waals surface area (Å²) in [6.45, 7) is 4.89. The van der Waals surface area contributed by atoms with Crippen LogP contribution in [0.2, 0.25) is 0 Å². The number of nitrogens with two attached hydrogens (primary N) is 1. The van der Waals surface area contributed by atoms with Crippen LogP contribution in [0.25, 0.3) is 5.52 Å². The van der Waals surface area contributed by atoms with Gasteiger partial charge in [-0.15, -0.1) is 24.0 Å². The molecule has 0 radical (unpaired) electrons. The molecule has 0 spiro atoms. The van der Waals surface area contributed by atoms with Crippen LogP contribution in [0.4, 0.5) is 0 Å². The summed E-state index contributed by atoms with van der Waals surface area (Å²) in [5.41, 5.74) is 8.21. The molecule has 0 bridgehead atoms. The van der Waals surface area contributed by atoms with E-state index in [-0.39, 0.29) is 30.1 Å². The third kappa shape index (κ3) is 3.65. The van der Waals surface area contributed by atoms with Crippen molar-refractivity contribution in [2.24, 2.45) is 10.7 Å². The summed E-state index contributed by atoms with van der Waals surface area (Å²) in [5.74, 6) is 0.579. The minimum Gasteiger partial charge on any atom is -0.375 e. The second-order valence-electron chi connectivity index (χ2n) is 5.00. The van der Waals surface area contributed by atoms with Gasteiger partial charge in [-0.1, -0.05) is 6.07 Å². The number of pyridine rings is 1. The lowest BCUT2D eigenvalue weighted by atomic mass is 10.2. The summed E-state index contributed by atoms with van der Waals surface area (Å²) in [6, 6.07) is 5.98. The molecule has 1 fully saturated rings. The Hall–Kier alpha value is -1.35. The van der Waals surface area contributed by atoms with Crippen LogP contribution in [0.3, 0.4) is 0 Å². The Morgan fingerprint density at radius 3 is 3.19 bits per heavy atom. The minimum absolute atomic E-state index is 0. The van der Waals surface area contributed by atoms with Crippen molar-refractivity contribution in [3.8, 4) is 0 Å². The minimum atomic E-state index is 0. The third-order valence-electron chi connectivity index (χ3n) is 3.48. The number of halogens is 1. The molecule has 0 aliphatic carbocycles. The lowest BCUT2D eigenvalue weighted by molar-refractivity contribution is 0.00529. The van der Waals surface area contributed by atoms with Gasteiger partial charge in [0.25, 0.3) is 0 Å². The predicted molar refractivity (Wildman–Crippen MR) is 92.9 cm³/mol. The van der Waals surface area contributed by atoms with Crippen LogP contribution in [0.15, 0.2) is 35.6 Å². The number of rotatable bonds is 2. The summed E-state index contributed by atoms with van der Waals surface area (Å²) >= 11 is 0.